The van der Waals surface area contributed by atoms with Crippen LogP contribution >= 0.6 is 24.0 Å². The summed E-state index contributed by atoms with van der Waals surface area (Å²) in [5.41, 5.74) is 2.13. The van der Waals surface area contributed by atoms with Crippen molar-refractivity contribution < 1.29 is 4.79 Å². The van der Waals surface area contributed by atoms with Crippen LogP contribution in [0.1, 0.15) is 55.5 Å². The van der Waals surface area contributed by atoms with Crippen molar-refractivity contribution in [2.75, 3.05) is 18.0 Å². The van der Waals surface area contributed by atoms with Crippen LogP contribution in [-0.4, -0.2) is 32.8 Å². The summed E-state index contributed by atoms with van der Waals surface area (Å²) in [6.07, 6.45) is 2.96. The predicted octanol–water partition coefficient (Wildman–Crippen LogP) is 5.01. The Hall–Kier alpha value is -2.89. The maximum atomic E-state index is 13.5. The van der Waals surface area contributed by atoms with Crippen molar-refractivity contribution in [2.24, 2.45) is 18.9 Å². The molecule has 0 saturated carbocycles. The highest BCUT2D eigenvalue weighted by atomic mass is 32.2. The summed E-state index contributed by atoms with van der Waals surface area (Å²) in [6.45, 7) is 9.82. The molecule has 2 aromatic rings. The van der Waals surface area contributed by atoms with Gasteiger partial charge in [-0.15, -0.1) is 0 Å². The normalized spacial score (nSPS) is 22.6. The molecule has 0 bridgehead atoms. The first-order valence-corrected chi connectivity index (χ1v) is 13.1. The van der Waals surface area contributed by atoms with Crippen LogP contribution in [0.3, 0.4) is 0 Å². The van der Waals surface area contributed by atoms with Crippen LogP contribution in [0.25, 0.3) is 6.08 Å². The topological polar surface area (TPSA) is 69.3 Å². The molecule has 2 aliphatic rings. The number of piperidine rings is 1. The minimum absolute atomic E-state index is 0.105. The number of nitriles is 1. The molecule has 2 saturated heterocycles. The van der Waals surface area contributed by atoms with Crippen LogP contribution in [0, 0.1) is 30.1 Å². The van der Waals surface area contributed by atoms with Gasteiger partial charge in [-0.2, -0.15) is 5.26 Å². The van der Waals surface area contributed by atoms with Gasteiger partial charge in [0.05, 0.1) is 10.9 Å². The predicted molar refractivity (Wildman–Crippen MR) is 146 cm³/mol. The fourth-order valence-corrected chi connectivity index (χ4v) is 6.66. The van der Waals surface area contributed by atoms with E-state index in [1.807, 2.05) is 43.3 Å². The molecule has 0 N–H and O–H groups in total. The molecule has 0 radical (unpaired) electrons. The zero-order chi connectivity index (χ0) is 25.4. The van der Waals surface area contributed by atoms with E-state index in [-0.39, 0.29) is 23.1 Å². The summed E-state index contributed by atoms with van der Waals surface area (Å²) in [7, 11) is 1.71. The Bertz CT molecular complexity index is 1300. The van der Waals surface area contributed by atoms with Gasteiger partial charge in [-0.25, -0.2) is 0 Å². The Morgan fingerprint density at radius 2 is 1.80 bits per heavy atom. The number of amides is 1. The van der Waals surface area contributed by atoms with Crippen LogP contribution in [0.4, 0.5) is 5.82 Å². The highest BCUT2D eigenvalue weighted by molar-refractivity contribution is 8.26. The summed E-state index contributed by atoms with van der Waals surface area (Å²) in [4.78, 5) is 31.0. The second-order valence-electron chi connectivity index (χ2n) is 9.70. The van der Waals surface area contributed by atoms with Crippen molar-refractivity contribution in [3.05, 3.63) is 67.8 Å². The van der Waals surface area contributed by atoms with Crippen molar-refractivity contribution in [3.8, 4) is 6.07 Å². The molecular formula is C27H30N4O2S2. The third-order valence-electron chi connectivity index (χ3n) is 6.90. The molecule has 3 atom stereocenters. The van der Waals surface area contributed by atoms with E-state index >= 15 is 0 Å². The lowest BCUT2D eigenvalue weighted by Crippen LogP contribution is -2.42. The monoisotopic (exact) mass is 506 g/mol. The zero-order valence-electron chi connectivity index (χ0n) is 20.7. The van der Waals surface area contributed by atoms with Gasteiger partial charge >= 0.3 is 0 Å². The molecule has 0 aliphatic carbocycles. The van der Waals surface area contributed by atoms with E-state index < -0.39 is 0 Å². The molecule has 4 rings (SSSR count). The molecule has 3 unspecified atom stereocenters. The number of carbonyl (C=O) groups excluding carboxylic acids is 1. The molecule has 1 aromatic heterocycles. The number of carbonyl (C=O) groups is 1. The number of pyridine rings is 1. The van der Waals surface area contributed by atoms with E-state index in [0.29, 0.717) is 26.6 Å². The summed E-state index contributed by atoms with van der Waals surface area (Å²) in [5, 5.41) is 9.73. The molecule has 35 heavy (non-hydrogen) atoms. The van der Waals surface area contributed by atoms with Gasteiger partial charge in [0.1, 0.15) is 21.8 Å². The summed E-state index contributed by atoms with van der Waals surface area (Å²) < 4.78 is 2.07. The van der Waals surface area contributed by atoms with E-state index in [1.165, 1.54) is 11.8 Å². The Labute approximate surface area is 216 Å². The van der Waals surface area contributed by atoms with E-state index in [9.17, 15) is 14.9 Å². The largest absolute Gasteiger partial charge is 0.357 e. The smallest absolute Gasteiger partial charge is 0.270 e. The number of aromatic nitrogens is 1. The highest BCUT2D eigenvalue weighted by Crippen LogP contribution is 2.40. The van der Waals surface area contributed by atoms with Crippen LogP contribution in [0.15, 0.2) is 40.0 Å². The average molecular weight is 507 g/mol. The zero-order valence-corrected chi connectivity index (χ0v) is 22.4. The number of hydrogen-bond donors (Lipinski definition) is 0. The van der Waals surface area contributed by atoms with Gasteiger partial charge in [0.25, 0.3) is 11.5 Å². The third kappa shape index (κ3) is 4.67. The number of anilines is 1. The van der Waals surface area contributed by atoms with Gasteiger partial charge in [0, 0.05) is 25.7 Å². The van der Waals surface area contributed by atoms with Gasteiger partial charge < -0.3 is 4.90 Å². The first-order chi connectivity index (χ1) is 16.6. The Morgan fingerprint density at radius 1 is 1.17 bits per heavy atom. The first kappa shape index (κ1) is 25.2. The number of benzene rings is 1. The summed E-state index contributed by atoms with van der Waals surface area (Å²) in [5.74, 6) is 1.55. The maximum Gasteiger partial charge on any atom is 0.270 e. The molecule has 2 fully saturated rings. The number of hydrogen-bond acceptors (Lipinski definition) is 6. The van der Waals surface area contributed by atoms with Gasteiger partial charge in [0.2, 0.25) is 0 Å². The molecule has 2 aliphatic heterocycles. The Balaban J connectivity index is 1.82. The fourth-order valence-electron chi connectivity index (χ4n) is 5.26. The van der Waals surface area contributed by atoms with Gasteiger partial charge in [-0.05, 0) is 49.3 Å². The van der Waals surface area contributed by atoms with Crippen LogP contribution < -0.4 is 10.5 Å². The third-order valence-corrected chi connectivity index (χ3v) is 8.23. The summed E-state index contributed by atoms with van der Waals surface area (Å²) in [6, 6.07) is 11.7. The van der Waals surface area contributed by atoms with Crippen molar-refractivity contribution >= 4 is 46.1 Å². The van der Waals surface area contributed by atoms with Crippen LogP contribution in [0.5, 0.6) is 0 Å². The Morgan fingerprint density at radius 3 is 2.40 bits per heavy atom. The highest BCUT2D eigenvalue weighted by Gasteiger charge is 2.37. The molecule has 8 heteroatoms. The lowest BCUT2D eigenvalue weighted by Gasteiger charge is -2.38. The molecule has 182 valence electrons. The van der Waals surface area contributed by atoms with Crippen molar-refractivity contribution in [3.63, 3.8) is 0 Å². The Kier molecular flexibility index (Phi) is 7.20. The van der Waals surface area contributed by atoms with E-state index in [1.54, 1.807) is 23.4 Å². The van der Waals surface area contributed by atoms with Gasteiger partial charge in [-0.3, -0.25) is 19.1 Å². The molecule has 0 spiro atoms. The van der Waals surface area contributed by atoms with Crippen LogP contribution in [-0.2, 0) is 11.8 Å². The van der Waals surface area contributed by atoms with Crippen molar-refractivity contribution in [1.29, 1.82) is 5.26 Å². The van der Waals surface area contributed by atoms with Gasteiger partial charge in [-0.1, -0.05) is 68.2 Å². The standard InChI is InChI=1S/C27H30N4O2S2/c1-16-11-17(2)15-30(14-16)24-21(18(3)22(13-28)25(32)29(24)5)12-23-26(33)31(27(34)35-23)19(4)20-9-7-6-8-10-20/h6-10,12,16-17,19H,11,14-15H2,1-5H3/b23-12+. The molecular weight excluding hydrogens is 476 g/mol. The molecule has 1 amide bonds. The van der Waals surface area contributed by atoms with E-state index in [0.717, 1.165) is 36.5 Å². The molecule has 3 heterocycles. The molecule has 6 nitrogen and oxygen atoms in total. The minimum atomic E-state index is -0.312. The second kappa shape index (κ2) is 10.00. The first-order valence-electron chi connectivity index (χ1n) is 11.8. The van der Waals surface area contributed by atoms with E-state index in [2.05, 4.69) is 24.8 Å². The number of rotatable bonds is 4. The maximum absolute atomic E-state index is 13.5. The average Bonchev–Trinajstić information content (AvgIpc) is 3.10. The number of thioether (sulfide) groups is 1. The number of nitrogens with zero attached hydrogens (tertiary/aromatic N) is 4. The van der Waals surface area contributed by atoms with E-state index in [4.69, 9.17) is 12.2 Å². The lowest BCUT2D eigenvalue weighted by atomic mass is 9.91. The van der Waals surface area contributed by atoms with Crippen LogP contribution in [0.2, 0.25) is 0 Å². The lowest BCUT2D eigenvalue weighted by molar-refractivity contribution is -0.123. The fraction of sp³-hybridized carbons (Fsp3) is 0.407. The van der Waals surface area contributed by atoms with Gasteiger partial charge in [0.15, 0.2) is 0 Å². The number of thiocarbonyl (C=S) groups is 1. The quantitative estimate of drug-likeness (QED) is 0.429. The van der Waals surface area contributed by atoms with Crippen molar-refractivity contribution in [2.45, 2.75) is 40.2 Å². The van der Waals surface area contributed by atoms with Crippen molar-refractivity contribution in [1.82, 2.24) is 9.47 Å². The SMILES string of the molecule is Cc1c(/C=C2/SC(=S)N(C(C)c3ccccc3)C2=O)c(N2CC(C)CC(C)C2)n(C)c(=O)c1C#N. The molecule has 1 aromatic carbocycles. The minimum Gasteiger partial charge on any atom is -0.357 e. The summed E-state index contributed by atoms with van der Waals surface area (Å²) >= 11 is 6.88. The second-order valence-corrected chi connectivity index (χ2v) is 11.4.